The zero-order valence-electron chi connectivity index (χ0n) is 11.1. The fourth-order valence-corrected chi connectivity index (χ4v) is 2.54. The molecule has 0 saturated carbocycles. The maximum Gasteiger partial charge on any atom is 0.123 e. The van der Waals surface area contributed by atoms with Gasteiger partial charge in [0, 0.05) is 18.7 Å². The SMILES string of the molecule is COc1ccc(F)cc1CN(C)CC1CCNC1. The number of rotatable bonds is 5. The summed E-state index contributed by atoms with van der Waals surface area (Å²) in [6, 6.07) is 4.68. The highest BCUT2D eigenvalue weighted by Gasteiger charge is 2.17. The third-order valence-corrected chi connectivity index (χ3v) is 3.41. The van der Waals surface area contributed by atoms with E-state index in [0.717, 1.165) is 37.5 Å². The van der Waals surface area contributed by atoms with E-state index < -0.39 is 0 Å². The van der Waals surface area contributed by atoms with Gasteiger partial charge in [0.2, 0.25) is 0 Å². The molecular formula is C14H21FN2O. The Morgan fingerprint density at radius 3 is 3.00 bits per heavy atom. The summed E-state index contributed by atoms with van der Waals surface area (Å²) in [6.07, 6.45) is 1.23. The van der Waals surface area contributed by atoms with Gasteiger partial charge < -0.3 is 15.0 Å². The number of benzene rings is 1. The summed E-state index contributed by atoms with van der Waals surface area (Å²) in [4.78, 5) is 2.23. The van der Waals surface area contributed by atoms with Crippen LogP contribution in [0.5, 0.6) is 5.75 Å². The molecule has 1 unspecified atom stereocenters. The van der Waals surface area contributed by atoms with Gasteiger partial charge in [0.25, 0.3) is 0 Å². The zero-order chi connectivity index (χ0) is 13.0. The predicted octanol–water partition coefficient (Wildman–Crippen LogP) is 1.88. The molecule has 0 radical (unpaired) electrons. The molecule has 0 aromatic heterocycles. The smallest absolute Gasteiger partial charge is 0.123 e. The van der Waals surface area contributed by atoms with E-state index in [1.165, 1.54) is 12.5 Å². The van der Waals surface area contributed by atoms with Crippen LogP contribution in [0.4, 0.5) is 4.39 Å². The second-order valence-corrected chi connectivity index (χ2v) is 5.01. The van der Waals surface area contributed by atoms with Crippen molar-refractivity contribution in [1.82, 2.24) is 10.2 Å². The Balaban J connectivity index is 1.96. The number of nitrogens with one attached hydrogen (secondary N) is 1. The van der Waals surface area contributed by atoms with Gasteiger partial charge in [0.15, 0.2) is 0 Å². The zero-order valence-corrected chi connectivity index (χ0v) is 11.1. The van der Waals surface area contributed by atoms with Crippen LogP contribution >= 0.6 is 0 Å². The largest absolute Gasteiger partial charge is 0.496 e. The molecule has 1 aliphatic rings. The van der Waals surface area contributed by atoms with Crippen molar-refractivity contribution >= 4 is 0 Å². The van der Waals surface area contributed by atoms with Crippen molar-refractivity contribution in [2.45, 2.75) is 13.0 Å². The van der Waals surface area contributed by atoms with Crippen LogP contribution in [0.25, 0.3) is 0 Å². The lowest BCUT2D eigenvalue weighted by atomic mass is 10.1. The van der Waals surface area contributed by atoms with Crippen LogP contribution in [0.15, 0.2) is 18.2 Å². The second kappa shape index (κ2) is 6.16. The maximum absolute atomic E-state index is 13.3. The summed E-state index contributed by atoms with van der Waals surface area (Å²) in [5, 5.41) is 3.36. The molecule has 1 aliphatic heterocycles. The summed E-state index contributed by atoms with van der Waals surface area (Å²) < 4.78 is 18.5. The minimum absolute atomic E-state index is 0.207. The number of ether oxygens (including phenoxy) is 1. The Hall–Kier alpha value is -1.13. The lowest BCUT2D eigenvalue weighted by Crippen LogP contribution is -2.26. The van der Waals surface area contributed by atoms with Crippen LogP contribution in [0.3, 0.4) is 0 Å². The molecule has 1 N–H and O–H groups in total. The average molecular weight is 252 g/mol. The lowest BCUT2D eigenvalue weighted by Gasteiger charge is -2.21. The molecule has 1 heterocycles. The van der Waals surface area contributed by atoms with Gasteiger partial charge in [-0.25, -0.2) is 4.39 Å². The summed E-state index contributed by atoms with van der Waals surface area (Å²) >= 11 is 0. The van der Waals surface area contributed by atoms with E-state index in [4.69, 9.17) is 4.74 Å². The van der Waals surface area contributed by atoms with Crippen molar-refractivity contribution in [3.63, 3.8) is 0 Å². The molecular weight excluding hydrogens is 231 g/mol. The molecule has 18 heavy (non-hydrogen) atoms. The molecule has 3 nitrogen and oxygen atoms in total. The van der Waals surface area contributed by atoms with E-state index in [9.17, 15) is 4.39 Å². The number of halogens is 1. The van der Waals surface area contributed by atoms with Gasteiger partial charge in [0.1, 0.15) is 11.6 Å². The fraction of sp³-hybridized carbons (Fsp3) is 0.571. The van der Waals surface area contributed by atoms with Crippen molar-refractivity contribution in [3.05, 3.63) is 29.6 Å². The molecule has 1 aromatic carbocycles. The first-order valence-electron chi connectivity index (χ1n) is 6.40. The second-order valence-electron chi connectivity index (χ2n) is 5.01. The Morgan fingerprint density at radius 2 is 2.33 bits per heavy atom. The quantitative estimate of drug-likeness (QED) is 0.866. The fourth-order valence-electron chi connectivity index (χ4n) is 2.54. The molecule has 1 fully saturated rings. The van der Waals surface area contributed by atoms with Gasteiger partial charge >= 0.3 is 0 Å². The maximum atomic E-state index is 13.3. The van der Waals surface area contributed by atoms with Crippen molar-refractivity contribution in [3.8, 4) is 5.75 Å². The van der Waals surface area contributed by atoms with Crippen LogP contribution in [-0.4, -0.2) is 38.7 Å². The minimum atomic E-state index is -0.207. The number of methoxy groups -OCH3 is 1. The van der Waals surface area contributed by atoms with E-state index in [2.05, 4.69) is 17.3 Å². The van der Waals surface area contributed by atoms with Crippen LogP contribution in [0, 0.1) is 11.7 Å². The van der Waals surface area contributed by atoms with Crippen molar-refractivity contribution in [2.75, 3.05) is 33.8 Å². The molecule has 2 rings (SSSR count). The molecule has 0 spiro atoms. The normalized spacial score (nSPS) is 19.4. The summed E-state index contributed by atoms with van der Waals surface area (Å²) in [7, 11) is 3.69. The lowest BCUT2D eigenvalue weighted by molar-refractivity contribution is 0.273. The van der Waals surface area contributed by atoms with Crippen LogP contribution in [0.2, 0.25) is 0 Å². The molecule has 100 valence electrons. The molecule has 4 heteroatoms. The monoisotopic (exact) mass is 252 g/mol. The van der Waals surface area contributed by atoms with Crippen LogP contribution < -0.4 is 10.1 Å². The van der Waals surface area contributed by atoms with E-state index >= 15 is 0 Å². The first-order chi connectivity index (χ1) is 8.69. The van der Waals surface area contributed by atoms with Gasteiger partial charge in [-0.2, -0.15) is 0 Å². The van der Waals surface area contributed by atoms with Crippen LogP contribution in [-0.2, 0) is 6.54 Å². The van der Waals surface area contributed by atoms with Gasteiger partial charge in [-0.15, -0.1) is 0 Å². The Morgan fingerprint density at radius 1 is 1.50 bits per heavy atom. The first kappa shape index (κ1) is 13.3. The van der Waals surface area contributed by atoms with Crippen LogP contribution in [0.1, 0.15) is 12.0 Å². The van der Waals surface area contributed by atoms with Crippen molar-refractivity contribution in [1.29, 1.82) is 0 Å². The van der Waals surface area contributed by atoms with E-state index in [1.807, 2.05) is 0 Å². The highest BCUT2D eigenvalue weighted by atomic mass is 19.1. The highest BCUT2D eigenvalue weighted by molar-refractivity contribution is 5.33. The summed E-state index contributed by atoms with van der Waals surface area (Å²) in [5.74, 6) is 1.25. The van der Waals surface area contributed by atoms with Gasteiger partial charge in [-0.3, -0.25) is 0 Å². The third kappa shape index (κ3) is 3.43. The summed E-state index contributed by atoms with van der Waals surface area (Å²) in [6.45, 7) is 3.95. The molecule has 1 saturated heterocycles. The van der Waals surface area contributed by atoms with Gasteiger partial charge in [0.05, 0.1) is 7.11 Å². The number of hydrogen-bond acceptors (Lipinski definition) is 3. The molecule has 1 aromatic rings. The minimum Gasteiger partial charge on any atom is -0.496 e. The first-order valence-corrected chi connectivity index (χ1v) is 6.40. The summed E-state index contributed by atoms with van der Waals surface area (Å²) in [5.41, 5.74) is 0.908. The van der Waals surface area contributed by atoms with Crippen molar-refractivity contribution in [2.24, 2.45) is 5.92 Å². The van der Waals surface area contributed by atoms with Gasteiger partial charge in [-0.05, 0) is 50.7 Å². The van der Waals surface area contributed by atoms with Crippen molar-refractivity contribution < 1.29 is 9.13 Å². The number of nitrogens with zero attached hydrogens (tertiary/aromatic N) is 1. The van der Waals surface area contributed by atoms with E-state index in [1.54, 1.807) is 19.2 Å². The highest BCUT2D eigenvalue weighted by Crippen LogP contribution is 2.21. The topological polar surface area (TPSA) is 24.5 Å². The molecule has 1 atom stereocenters. The third-order valence-electron chi connectivity index (χ3n) is 3.41. The Bertz CT molecular complexity index is 391. The standard InChI is InChI=1S/C14H21FN2O/c1-17(9-11-5-6-16-8-11)10-12-7-13(15)3-4-14(12)18-2/h3-4,7,11,16H,5-6,8-10H2,1-2H3. The molecule has 0 aliphatic carbocycles. The Labute approximate surface area is 108 Å². The number of hydrogen-bond donors (Lipinski definition) is 1. The van der Waals surface area contributed by atoms with E-state index in [0.29, 0.717) is 5.92 Å². The Kier molecular flexibility index (Phi) is 4.55. The van der Waals surface area contributed by atoms with E-state index in [-0.39, 0.29) is 5.82 Å². The van der Waals surface area contributed by atoms with Gasteiger partial charge in [-0.1, -0.05) is 0 Å². The predicted molar refractivity (Wildman–Crippen MR) is 70.3 cm³/mol. The molecule has 0 bridgehead atoms. The average Bonchev–Trinajstić information content (AvgIpc) is 2.82. The molecule has 0 amide bonds.